The summed E-state index contributed by atoms with van der Waals surface area (Å²) in [5, 5.41) is 4.94. The Kier molecular flexibility index (Phi) is 6.12. The standard InChI is InChI=1S/C14H18F3N3.CH3NO/c1-8(2)12-11-10(5-6-18-12)20(7-14(15,16)17)19-13(11)9(3)4;2-1-3/h5-6,8-9H,7H2,1-4H3;1H,(H2,2,3). The molecule has 0 atom stereocenters. The van der Waals surface area contributed by atoms with Gasteiger partial charge in [-0.1, -0.05) is 27.7 Å². The summed E-state index contributed by atoms with van der Waals surface area (Å²) in [6, 6.07) is 1.60. The van der Waals surface area contributed by atoms with E-state index in [1.165, 1.54) is 0 Å². The lowest BCUT2D eigenvalue weighted by molar-refractivity contribution is -0.141. The van der Waals surface area contributed by atoms with Crippen LogP contribution in [0.25, 0.3) is 10.9 Å². The maximum atomic E-state index is 12.7. The molecule has 0 fully saturated rings. The Labute approximate surface area is 132 Å². The van der Waals surface area contributed by atoms with Gasteiger partial charge < -0.3 is 5.73 Å². The van der Waals surface area contributed by atoms with Crippen LogP contribution in [0, 0.1) is 0 Å². The molecular formula is C15H21F3N4O. The summed E-state index contributed by atoms with van der Waals surface area (Å²) < 4.78 is 39.0. The average Bonchev–Trinajstić information content (AvgIpc) is 2.76. The highest BCUT2D eigenvalue weighted by Gasteiger charge is 2.30. The number of carbonyl (C=O) groups is 1. The van der Waals surface area contributed by atoms with Gasteiger partial charge in [0.05, 0.1) is 16.9 Å². The summed E-state index contributed by atoms with van der Waals surface area (Å²) in [4.78, 5) is 12.9. The minimum Gasteiger partial charge on any atom is -0.372 e. The molecule has 0 aromatic carbocycles. The summed E-state index contributed by atoms with van der Waals surface area (Å²) in [7, 11) is 0. The minimum absolute atomic E-state index is 0.0497. The zero-order valence-corrected chi connectivity index (χ0v) is 13.6. The molecule has 0 bridgehead atoms. The first-order chi connectivity index (χ1) is 10.6. The third-order valence-corrected chi connectivity index (χ3v) is 3.14. The SMILES string of the molecule is CC(C)c1nccc2c1c(C(C)C)nn2CC(F)(F)F.NC=O. The fraction of sp³-hybridized carbons (Fsp3) is 0.533. The molecule has 0 aliphatic carbocycles. The first-order valence-corrected chi connectivity index (χ1v) is 7.19. The van der Waals surface area contributed by atoms with Crippen molar-refractivity contribution in [2.75, 3.05) is 0 Å². The summed E-state index contributed by atoms with van der Waals surface area (Å²) in [6.45, 7) is 6.74. The van der Waals surface area contributed by atoms with Gasteiger partial charge in [0.25, 0.3) is 0 Å². The second-order valence-electron chi connectivity index (χ2n) is 5.69. The number of amides is 1. The van der Waals surface area contributed by atoms with Crippen LogP contribution in [0.3, 0.4) is 0 Å². The second-order valence-corrected chi connectivity index (χ2v) is 5.69. The van der Waals surface area contributed by atoms with Gasteiger partial charge in [0.1, 0.15) is 6.54 Å². The Morgan fingerprint density at radius 2 is 1.74 bits per heavy atom. The lowest BCUT2D eigenvalue weighted by atomic mass is 10.00. The highest BCUT2D eigenvalue weighted by molar-refractivity contribution is 5.85. The van der Waals surface area contributed by atoms with Crippen LogP contribution >= 0.6 is 0 Å². The number of nitrogens with two attached hydrogens (primary N) is 1. The molecule has 128 valence electrons. The Hall–Kier alpha value is -2.12. The average molecular weight is 330 g/mol. The van der Waals surface area contributed by atoms with Crippen molar-refractivity contribution in [2.24, 2.45) is 5.73 Å². The van der Waals surface area contributed by atoms with Crippen LogP contribution in [0.2, 0.25) is 0 Å². The number of hydrogen-bond donors (Lipinski definition) is 1. The summed E-state index contributed by atoms with van der Waals surface area (Å²) in [5.41, 5.74) is 6.16. The van der Waals surface area contributed by atoms with Gasteiger partial charge in [-0.3, -0.25) is 14.5 Å². The van der Waals surface area contributed by atoms with Crippen molar-refractivity contribution in [3.63, 3.8) is 0 Å². The van der Waals surface area contributed by atoms with Crippen LogP contribution in [0.4, 0.5) is 13.2 Å². The molecular weight excluding hydrogens is 309 g/mol. The van der Waals surface area contributed by atoms with Crippen LogP contribution < -0.4 is 5.73 Å². The number of pyridine rings is 1. The molecule has 0 aliphatic rings. The van der Waals surface area contributed by atoms with Crippen LogP contribution in [-0.2, 0) is 11.3 Å². The maximum Gasteiger partial charge on any atom is 0.408 e. The summed E-state index contributed by atoms with van der Waals surface area (Å²) in [6.07, 6.45) is -2.48. The zero-order valence-electron chi connectivity index (χ0n) is 13.6. The van der Waals surface area contributed by atoms with Gasteiger partial charge in [-0.15, -0.1) is 0 Å². The quantitative estimate of drug-likeness (QED) is 0.877. The van der Waals surface area contributed by atoms with E-state index in [1.54, 1.807) is 12.3 Å². The zero-order chi connectivity index (χ0) is 17.8. The van der Waals surface area contributed by atoms with E-state index in [0.717, 1.165) is 15.8 Å². The van der Waals surface area contributed by atoms with Crippen molar-refractivity contribution < 1.29 is 18.0 Å². The number of carbonyl (C=O) groups excluding carboxylic acids is 1. The van der Waals surface area contributed by atoms with Gasteiger partial charge in [-0.05, 0) is 17.9 Å². The van der Waals surface area contributed by atoms with E-state index in [-0.39, 0.29) is 18.2 Å². The predicted octanol–water partition coefficient (Wildman–Crippen LogP) is 3.34. The van der Waals surface area contributed by atoms with E-state index < -0.39 is 12.7 Å². The summed E-state index contributed by atoms with van der Waals surface area (Å²) >= 11 is 0. The number of primary amides is 1. The van der Waals surface area contributed by atoms with E-state index in [9.17, 15) is 13.2 Å². The van der Waals surface area contributed by atoms with Crippen molar-refractivity contribution in [3.8, 4) is 0 Å². The summed E-state index contributed by atoms with van der Waals surface area (Å²) in [5.74, 6) is 0.188. The molecule has 2 heterocycles. The Balaban J connectivity index is 0.000000816. The molecule has 2 aromatic rings. The third kappa shape index (κ3) is 4.67. The molecule has 2 aromatic heterocycles. The van der Waals surface area contributed by atoms with Crippen molar-refractivity contribution >= 4 is 17.3 Å². The van der Waals surface area contributed by atoms with E-state index in [1.807, 2.05) is 27.7 Å². The number of fused-ring (bicyclic) bond motifs is 1. The molecule has 0 saturated carbocycles. The largest absolute Gasteiger partial charge is 0.408 e. The highest BCUT2D eigenvalue weighted by Crippen LogP contribution is 2.31. The molecule has 1 amide bonds. The van der Waals surface area contributed by atoms with E-state index in [4.69, 9.17) is 4.79 Å². The topological polar surface area (TPSA) is 73.8 Å². The van der Waals surface area contributed by atoms with Crippen molar-refractivity contribution in [3.05, 3.63) is 23.7 Å². The predicted molar refractivity (Wildman–Crippen MR) is 82.0 cm³/mol. The lowest BCUT2D eigenvalue weighted by Gasteiger charge is -2.09. The normalized spacial score (nSPS) is 11.7. The van der Waals surface area contributed by atoms with Crippen LogP contribution in [-0.4, -0.2) is 27.4 Å². The number of halogens is 3. The van der Waals surface area contributed by atoms with Gasteiger partial charge in [-0.25, -0.2) is 0 Å². The van der Waals surface area contributed by atoms with Crippen LogP contribution in [0.1, 0.15) is 50.9 Å². The number of alkyl halides is 3. The molecule has 23 heavy (non-hydrogen) atoms. The van der Waals surface area contributed by atoms with Gasteiger partial charge in [0.2, 0.25) is 6.41 Å². The van der Waals surface area contributed by atoms with Gasteiger partial charge in [0.15, 0.2) is 0 Å². The minimum atomic E-state index is -4.28. The number of aromatic nitrogens is 3. The Morgan fingerprint density at radius 1 is 1.22 bits per heavy atom. The molecule has 0 spiro atoms. The molecule has 2 N–H and O–H groups in total. The van der Waals surface area contributed by atoms with E-state index >= 15 is 0 Å². The Morgan fingerprint density at radius 3 is 2.17 bits per heavy atom. The molecule has 8 heteroatoms. The maximum absolute atomic E-state index is 12.7. The smallest absolute Gasteiger partial charge is 0.372 e. The van der Waals surface area contributed by atoms with Crippen LogP contribution in [0.5, 0.6) is 0 Å². The second kappa shape index (κ2) is 7.43. The number of nitrogens with zero attached hydrogens (tertiary/aromatic N) is 3. The lowest BCUT2D eigenvalue weighted by Crippen LogP contribution is -2.18. The molecule has 5 nitrogen and oxygen atoms in total. The number of hydrogen-bond acceptors (Lipinski definition) is 3. The van der Waals surface area contributed by atoms with Crippen molar-refractivity contribution in [1.82, 2.24) is 14.8 Å². The molecule has 2 rings (SSSR count). The van der Waals surface area contributed by atoms with Gasteiger partial charge in [-0.2, -0.15) is 18.3 Å². The van der Waals surface area contributed by atoms with Gasteiger partial charge in [0, 0.05) is 11.6 Å². The van der Waals surface area contributed by atoms with Crippen molar-refractivity contribution in [2.45, 2.75) is 52.3 Å². The molecule has 0 saturated heterocycles. The first-order valence-electron chi connectivity index (χ1n) is 7.19. The van der Waals surface area contributed by atoms with Gasteiger partial charge >= 0.3 is 6.18 Å². The van der Waals surface area contributed by atoms with Crippen LogP contribution in [0.15, 0.2) is 12.3 Å². The fourth-order valence-electron chi connectivity index (χ4n) is 2.31. The monoisotopic (exact) mass is 330 g/mol. The van der Waals surface area contributed by atoms with Crippen molar-refractivity contribution in [1.29, 1.82) is 0 Å². The number of rotatable bonds is 3. The molecule has 0 unspecified atom stereocenters. The van der Waals surface area contributed by atoms with E-state index in [0.29, 0.717) is 11.2 Å². The third-order valence-electron chi connectivity index (χ3n) is 3.14. The Bertz CT molecular complexity index is 663. The highest BCUT2D eigenvalue weighted by atomic mass is 19.4. The first kappa shape index (κ1) is 18.9. The van der Waals surface area contributed by atoms with E-state index in [2.05, 4.69) is 15.8 Å². The molecule has 0 aliphatic heterocycles. The molecule has 0 radical (unpaired) electrons. The fourth-order valence-corrected chi connectivity index (χ4v) is 2.31.